The van der Waals surface area contributed by atoms with Crippen LogP contribution in [0.25, 0.3) is 0 Å². The lowest BCUT2D eigenvalue weighted by atomic mass is 10.2. The maximum absolute atomic E-state index is 13.0. The monoisotopic (exact) mass is 267 g/mol. The first-order chi connectivity index (χ1) is 9.10. The molecule has 1 aromatic rings. The van der Waals surface area contributed by atoms with E-state index in [1.165, 1.54) is 19.2 Å². The van der Waals surface area contributed by atoms with Crippen molar-refractivity contribution in [2.24, 2.45) is 0 Å². The minimum Gasteiger partial charge on any atom is -0.491 e. The Labute approximate surface area is 111 Å². The van der Waals surface area contributed by atoms with Crippen LogP contribution in [-0.2, 0) is 9.53 Å². The van der Waals surface area contributed by atoms with Crippen molar-refractivity contribution in [3.8, 4) is 5.75 Å². The smallest absolute Gasteiger partial charge is 0.326 e. The van der Waals surface area contributed by atoms with Crippen LogP contribution in [0.4, 0.5) is 4.39 Å². The van der Waals surface area contributed by atoms with Crippen molar-refractivity contribution < 1.29 is 18.7 Å². The van der Waals surface area contributed by atoms with Gasteiger partial charge in [0.05, 0.1) is 7.11 Å². The molecule has 0 bridgehead atoms. The van der Waals surface area contributed by atoms with Crippen LogP contribution < -0.4 is 10.1 Å². The Morgan fingerprint density at radius 3 is 2.84 bits per heavy atom. The minimum absolute atomic E-state index is 0.176. The van der Waals surface area contributed by atoms with Crippen LogP contribution in [0.1, 0.15) is 18.4 Å². The van der Waals surface area contributed by atoms with Crippen LogP contribution in [0.2, 0.25) is 0 Å². The highest BCUT2D eigenvalue weighted by Crippen LogP contribution is 2.21. The van der Waals surface area contributed by atoms with Crippen molar-refractivity contribution in [2.75, 3.05) is 13.7 Å². The van der Waals surface area contributed by atoms with E-state index >= 15 is 0 Å². The van der Waals surface area contributed by atoms with E-state index in [4.69, 9.17) is 9.47 Å². The molecule has 0 spiro atoms. The van der Waals surface area contributed by atoms with Crippen molar-refractivity contribution >= 4 is 5.97 Å². The van der Waals surface area contributed by atoms with Gasteiger partial charge in [0.2, 0.25) is 0 Å². The highest BCUT2D eigenvalue weighted by atomic mass is 19.1. The molecule has 1 saturated carbocycles. The predicted octanol–water partition coefficient (Wildman–Crippen LogP) is 1.81. The molecular formula is C14H18FNO3. The molecule has 19 heavy (non-hydrogen) atoms. The molecule has 0 saturated heterocycles. The standard InChI is InChI=1S/C14H18FNO3/c1-9-7-10(15)3-6-13(9)19-8-12(14(17)18-2)16-11-4-5-11/h3,6-7,11-12,16H,4-5,8H2,1-2H3. The van der Waals surface area contributed by atoms with E-state index in [1.54, 1.807) is 13.0 Å². The third kappa shape index (κ3) is 3.92. The lowest BCUT2D eigenvalue weighted by Gasteiger charge is -2.17. The molecule has 1 fully saturated rings. The summed E-state index contributed by atoms with van der Waals surface area (Å²) in [6.07, 6.45) is 2.14. The molecule has 1 aliphatic carbocycles. The summed E-state index contributed by atoms with van der Waals surface area (Å²) in [4.78, 5) is 11.6. The van der Waals surface area contributed by atoms with E-state index in [9.17, 15) is 9.18 Å². The van der Waals surface area contributed by atoms with Gasteiger partial charge in [-0.05, 0) is 43.5 Å². The Bertz CT molecular complexity index is 460. The molecule has 0 radical (unpaired) electrons. The zero-order valence-electron chi connectivity index (χ0n) is 11.1. The Kier molecular flexibility index (Phi) is 4.37. The zero-order valence-corrected chi connectivity index (χ0v) is 11.1. The van der Waals surface area contributed by atoms with Crippen molar-refractivity contribution in [2.45, 2.75) is 31.8 Å². The second-order valence-corrected chi connectivity index (χ2v) is 4.74. The van der Waals surface area contributed by atoms with Gasteiger partial charge in [0.15, 0.2) is 0 Å². The molecule has 0 heterocycles. The molecule has 1 aromatic carbocycles. The second kappa shape index (κ2) is 6.02. The van der Waals surface area contributed by atoms with E-state index in [1.807, 2.05) is 0 Å². The number of ether oxygens (including phenoxy) is 2. The molecule has 0 aromatic heterocycles. The number of benzene rings is 1. The quantitative estimate of drug-likeness (QED) is 0.798. The van der Waals surface area contributed by atoms with Gasteiger partial charge in [-0.15, -0.1) is 0 Å². The number of hydrogen-bond acceptors (Lipinski definition) is 4. The first-order valence-electron chi connectivity index (χ1n) is 6.33. The summed E-state index contributed by atoms with van der Waals surface area (Å²) in [5, 5.41) is 3.17. The van der Waals surface area contributed by atoms with Crippen LogP contribution in [0.3, 0.4) is 0 Å². The lowest BCUT2D eigenvalue weighted by Crippen LogP contribution is -2.43. The SMILES string of the molecule is COC(=O)C(COc1ccc(F)cc1C)NC1CC1. The van der Waals surface area contributed by atoms with Crippen molar-refractivity contribution in [3.63, 3.8) is 0 Å². The maximum atomic E-state index is 13.0. The molecular weight excluding hydrogens is 249 g/mol. The van der Waals surface area contributed by atoms with Gasteiger partial charge in [-0.25, -0.2) is 4.39 Å². The number of aryl methyl sites for hydroxylation is 1. The summed E-state index contributed by atoms with van der Waals surface area (Å²) in [7, 11) is 1.35. The van der Waals surface area contributed by atoms with Crippen LogP contribution in [-0.4, -0.2) is 31.8 Å². The average Bonchev–Trinajstić information content (AvgIpc) is 3.19. The number of rotatable bonds is 6. The Morgan fingerprint density at radius 2 is 2.26 bits per heavy atom. The summed E-state index contributed by atoms with van der Waals surface area (Å²) in [6, 6.07) is 4.19. The molecule has 1 aliphatic rings. The molecule has 2 rings (SSSR count). The number of carbonyl (C=O) groups excluding carboxylic acids is 1. The molecule has 0 amide bonds. The predicted molar refractivity (Wildman–Crippen MR) is 68.6 cm³/mol. The average molecular weight is 267 g/mol. The number of methoxy groups -OCH3 is 1. The van der Waals surface area contributed by atoms with E-state index in [-0.39, 0.29) is 18.4 Å². The fourth-order valence-corrected chi connectivity index (χ4v) is 1.81. The zero-order chi connectivity index (χ0) is 13.8. The first kappa shape index (κ1) is 13.8. The van der Waals surface area contributed by atoms with Crippen LogP contribution in [0, 0.1) is 12.7 Å². The molecule has 4 nitrogen and oxygen atoms in total. The van der Waals surface area contributed by atoms with Gasteiger partial charge in [-0.1, -0.05) is 0 Å². The topological polar surface area (TPSA) is 47.6 Å². The number of hydrogen-bond donors (Lipinski definition) is 1. The Hall–Kier alpha value is -1.62. The van der Waals surface area contributed by atoms with Gasteiger partial charge >= 0.3 is 5.97 Å². The van der Waals surface area contributed by atoms with E-state index in [0.717, 1.165) is 12.8 Å². The van der Waals surface area contributed by atoms with Crippen LogP contribution in [0.15, 0.2) is 18.2 Å². The summed E-state index contributed by atoms with van der Waals surface area (Å²) < 4.78 is 23.3. The fraction of sp³-hybridized carbons (Fsp3) is 0.500. The van der Waals surface area contributed by atoms with Gasteiger partial charge in [0.25, 0.3) is 0 Å². The highest BCUT2D eigenvalue weighted by Gasteiger charge is 2.29. The number of carbonyl (C=O) groups is 1. The maximum Gasteiger partial charge on any atom is 0.326 e. The van der Waals surface area contributed by atoms with E-state index in [0.29, 0.717) is 17.4 Å². The normalized spacial score (nSPS) is 15.9. The van der Waals surface area contributed by atoms with E-state index in [2.05, 4.69) is 5.32 Å². The van der Waals surface area contributed by atoms with Crippen LogP contribution >= 0.6 is 0 Å². The highest BCUT2D eigenvalue weighted by molar-refractivity contribution is 5.76. The minimum atomic E-state index is -0.484. The van der Waals surface area contributed by atoms with Crippen molar-refractivity contribution in [1.29, 1.82) is 0 Å². The van der Waals surface area contributed by atoms with Crippen molar-refractivity contribution in [1.82, 2.24) is 5.32 Å². The fourth-order valence-electron chi connectivity index (χ4n) is 1.81. The number of halogens is 1. The second-order valence-electron chi connectivity index (χ2n) is 4.74. The number of nitrogens with one attached hydrogen (secondary N) is 1. The Balaban J connectivity index is 1.95. The third-order valence-electron chi connectivity index (χ3n) is 3.04. The molecule has 104 valence electrons. The van der Waals surface area contributed by atoms with Gasteiger partial charge in [0.1, 0.15) is 24.2 Å². The third-order valence-corrected chi connectivity index (χ3v) is 3.04. The number of esters is 1. The van der Waals surface area contributed by atoms with Gasteiger partial charge in [0, 0.05) is 6.04 Å². The molecule has 1 atom stereocenters. The molecule has 0 aliphatic heterocycles. The van der Waals surface area contributed by atoms with E-state index < -0.39 is 6.04 Å². The van der Waals surface area contributed by atoms with Crippen LogP contribution in [0.5, 0.6) is 5.75 Å². The van der Waals surface area contributed by atoms with Crippen molar-refractivity contribution in [3.05, 3.63) is 29.6 Å². The van der Waals surface area contributed by atoms with Gasteiger partial charge in [-0.2, -0.15) is 0 Å². The van der Waals surface area contributed by atoms with Gasteiger partial charge in [-0.3, -0.25) is 10.1 Å². The summed E-state index contributed by atoms with van der Waals surface area (Å²) >= 11 is 0. The summed E-state index contributed by atoms with van der Waals surface area (Å²) in [5.41, 5.74) is 0.704. The van der Waals surface area contributed by atoms with Gasteiger partial charge < -0.3 is 9.47 Å². The summed E-state index contributed by atoms with van der Waals surface area (Å²) in [5.74, 6) is -0.0648. The molecule has 1 unspecified atom stereocenters. The Morgan fingerprint density at radius 1 is 1.53 bits per heavy atom. The largest absolute Gasteiger partial charge is 0.491 e. The molecule has 5 heteroatoms. The summed E-state index contributed by atoms with van der Waals surface area (Å²) in [6.45, 7) is 1.94. The molecule has 1 N–H and O–H groups in total. The lowest BCUT2D eigenvalue weighted by molar-refractivity contribution is -0.144. The first-order valence-corrected chi connectivity index (χ1v) is 6.33.